The van der Waals surface area contributed by atoms with E-state index < -0.39 is 0 Å². The van der Waals surface area contributed by atoms with Gasteiger partial charge in [-0.2, -0.15) is 0 Å². The molecule has 27 heavy (non-hydrogen) atoms. The van der Waals surface area contributed by atoms with Gasteiger partial charge in [0.15, 0.2) is 5.96 Å². The number of carbonyl (C=O) groups excluding carboxylic acids is 1. The van der Waals surface area contributed by atoms with E-state index in [9.17, 15) is 4.79 Å². The van der Waals surface area contributed by atoms with Crippen LogP contribution in [-0.4, -0.2) is 75.9 Å². The van der Waals surface area contributed by atoms with Crippen LogP contribution in [0.5, 0.6) is 0 Å². The number of ether oxygens (including phenoxy) is 2. The van der Waals surface area contributed by atoms with Crippen LogP contribution >= 0.6 is 24.0 Å². The first-order valence-electron chi connectivity index (χ1n) is 10.2. The maximum Gasteiger partial charge on any atom is 0.224 e. The van der Waals surface area contributed by atoms with Gasteiger partial charge in [-0.25, -0.2) is 0 Å². The van der Waals surface area contributed by atoms with Gasteiger partial charge in [-0.15, -0.1) is 24.0 Å². The molecule has 2 fully saturated rings. The molecule has 2 aliphatic heterocycles. The van der Waals surface area contributed by atoms with Crippen molar-refractivity contribution >= 4 is 35.8 Å². The zero-order valence-electron chi connectivity index (χ0n) is 16.7. The van der Waals surface area contributed by atoms with E-state index in [1.807, 2.05) is 11.8 Å². The summed E-state index contributed by atoms with van der Waals surface area (Å²) in [6, 6.07) is 0. The van der Waals surface area contributed by atoms with E-state index in [0.29, 0.717) is 18.9 Å². The van der Waals surface area contributed by atoms with Gasteiger partial charge in [-0.1, -0.05) is 0 Å². The highest BCUT2D eigenvalue weighted by molar-refractivity contribution is 14.0. The molecule has 0 atom stereocenters. The summed E-state index contributed by atoms with van der Waals surface area (Å²) in [6.45, 7) is 9.37. The molecule has 2 aliphatic rings. The zero-order valence-corrected chi connectivity index (χ0v) is 19.0. The minimum Gasteiger partial charge on any atom is -0.381 e. The van der Waals surface area contributed by atoms with Crippen molar-refractivity contribution in [2.24, 2.45) is 10.9 Å². The molecule has 0 radical (unpaired) electrons. The zero-order chi connectivity index (χ0) is 18.5. The van der Waals surface area contributed by atoms with Gasteiger partial charge in [0.1, 0.15) is 0 Å². The summed E-state index contributed by atoms with van der Waals surface area (Å²) in [4.78, 5) is 18.6. The normalized spacial score (nSPS) is 18.3. The predicted octanol–water partition coefficient (Wildman–Crippen LogP) is 2.01. The van der Waals surface area contributed by atoms with Crippen LogP contribution in [0.4, 0.5) is 0 Å². The first-order chi connectivity index (χ1) is 12.8. The van der Waals surface area contributed by atoms with E-state index in [-0.39, 0.29) is 29.9 Å². The minimum absolute atomic E-state index is 0. The molecule has 0 aliphatic carbocycles. The number of rotatable bonds is 10. The monoisotopic (exact) mass is 496 g/mol. The lowest BCUT2D eigenvalue weighted by atomic mass is 10.0. The standard InChI is InChI=1S/C19H36N4O3.HI/c1-2-20-19(22-10-6-18(24)23-11-3-4-12-23)21-9-5-13-26-16-17-7-14-25-15-8-17;/h17H,2-16H2,1H3,(H2,20,21,22);1H. The van der Waals surface area contributed by atoms with E-state index in [4.69, 9.17) is 9.47 Å². The summed E-state index contributed by atoms with van der Waals surface area (Å²) in [5.74, 6) is 1.68. The molecule has 0 unspecified atom stereocenters. The Morgan fingerprint density at radius 1 is 1.22 bits per heavy atom. The van der Waals surface area contributed by atoms with Crippen LogP contribution in [0.25, 0.3) is 0 Å². The molecule has 0 bridgehead atoms. The van der Waals surface area contributed by atoms with E-state index in [1.165, 1.54) is 0 Å². The third-order valence-electron chi connectivity index (χ3n) is 4.85. The molecule has 7 nitrogen and oxygen atoms in total. The molecule has 8 heteroatoms. The number of hydrogen-bond acceptors (Lipinski definition) is 4. The molecule has 1 amide bonds. The SMILES string of the molecule is CCNC(=NCCCOCC1CCOCC1)NCCC(=O)N1CCCC1.I. The lowest BCUT2D eigenvalue weighted by Crippen LogP contribution is -2.39. The highest BCUT2D eigenvalue weighted by Gasteiger charge is 2.17. The summed E-state index contributed by atoms with van der Waals surface area (Å²) in [7, 11) is 0. The van der Waals surface area contributed by atoms with E-state index >= 15 is 0 Å². The van der Waals surface area contributed by atoms with Crippen LogP contribution in [0.2, 0.25) is 0 Å². The van der Waals surface area contributed by atoms with Crippen molar-refractivity contribution in [1.82, 2.24) is 15.5 Å². The number of nitrogens with one attached hydrogen (secondary N) is 2. The number of nitrogens with zero attached hydrogens (tertiary/aromatic N) is 2. The smallest absolute Gasteiger partial charge is 0.224 e. The Bertz CT molecular complexity index is 425. The molecular weight excluding hydrogens is 459 g/mol. The Hall–Kier alpha value is -0.610. The van der Waals surface area contributed by atoms with Crippen LogP contribution in [0.3, 0.4) is 0 Å². The largest absolute Gasteiger partial charge is 0.381 e. The second-order valence-corrected chi connectivity index (χ2v) is 7.01. The fourth-order valence-corrected chi connectivity index (χ4v) is 3.27. The number of halogens is 1. The van der Waals surface area contributed by atoms with Crippen molar-refractivity contribution in [3.05, 3.63) is 0 Å². The first kappa shape index (κ1) is 24.4. The van der Waals surface area contributed by atoms with Crippen molar-refractivity contribution in [1.29, 1.82) is 0 Å². The van der Waals surface area contributed by atoms with Gasteiger partial charge in [-0.05, 0) is 44.9 Å². The predicted molar refractivity (Wildman–Crippen MR) is 119 cm³/mol. The summed E-state index contributed by atoms with van der Waals surface area (Å²) in [5.41, 5.74) is 0. The fraction of sp³-hybridized carbons (Fsp3) is 0.895. The van der Waals surface area contributed by atoms with Crippen LogP contribution in [0, 0.1) is 5.92 Å². The van der Waals surface area contributed by atoms with Gasteiger partial charge in [0.05, 0.1) is 0 Å². The Morgan fingerprint density at radius 3 is 2.67 bits per heavy atom. The maximum atomic E-state index is 12.0. The van der Waals surface area contributed by atoms with Crippen molar-refractivity contribution < 1.29 is 14.3 Å². The summed E-state index contributed by atoms with van der Waals surface area (Å²) in [5, 5.41) is 6.48. The molecule has 2 saturated heterocycles. The van der Waals surface area contributed by atoms with Gasteiger partial charge in [0.2, 0.25) is 5.91 Å². The van der Waals surface area contributed by atoms with Crippen molar-refractivity contribution in [3.63, 3.8) is 0 Å². The van der Waals surface area contributed by atoms with Crippen molar-refractivity contribution in [3.8, 4) is 0 Å². The van der Waals surface area contributed by atoms with E-state index in [2.05, 4.69) is 15.6 Å². The van der Waals surface area contributed by atoms with Gasteiger partial charge in [-0.3, -0.25) is 9.79 Å². The Balaban J connectivity index is 0.00000364. The Kier molecular flexibility index (Phi) is 13.9. The van der Waals surface area contributed by atoms with Crippen molar-refractivity contribution in [2.45, 2.75) is 45.4 Å². The van der Waals surface area contributed by atoms with Crippen LogP contribution in [0.1, 0.15) is 45.4 Å². The van der Waals surface area contributed by atoms with Crippen LogP contribution in [-0.2, 0) is 14.3 Å². The third-order valence-corrected chi connectivity index (χ3v) is 4.85. The van der Waals surface area contributed by atoms with Gasteiger partial charge in [0.25, 0.3) is 0 Å². The molecule has 158 valence electrons. The maximum absolute atomic E-state index is 12.0. The highest BCUT2D eigenvalue weighted by Crippen LogP contribution is 2.14. The fourth-order valence-electron chi connectivity index (χ4n) is 3.27. The van der Waals surface area contributed by atoms with E-state index in [1.54, 1.807) is 0 Å². The van der Waals surface area contributed by atoms with Crippen LogP contribution in [0.15, 0.2) is 4.99 Å². The molecular formula is C19H37IN4O3. The van der Waals surface area contributed by atoms with E-state index in [0.717, 1.165) is 90.7 Å². The first-order valence-corrected chi connectivity index (χ1v) is 10.2. The third kappa shape index (κ3) is 10.5. The number of likely N-dealkylation sites (tertiary alicyclic amines) is 1. The van der Waals surface area contributed by atoms with Gasteiger partial charge in [0, 0.05) is 65.6 Å². The van der Waals surface area contributed by atoms with Gasteiger partial charge >= 0.3 is 0 Å². The number of guanidine groups is 1. The topological polar surface area (TPSA) is 75.2 Å². The lowest BCUT2D eigenvalue weighted by molar-refractivity contribution is -0.129. The average Bonchev–Trinajstić information content (AvgIpc) is 3.20. The molecule has 0 aromatic carbocycles. The highest BCUT2D eigenvalue weighted by atomic mass is 127. The number of amides is 1. The summed E-state index contributed by atoms with van der Waals surface area (Å²) < 4.78 is 11.1. The Morgan fingerprint density at radius 2 is 1.96 bits per heavy atom. The summed E-state index contributed by atoms with van der Waals surface area (Å²) >= 11 is 0. The Labute approximate surface area is 181 Å². The molecule has 2 N–H and O–H groups in total. The molecule has 0 aromatic heterocycles. The number of carbonyl (C=O) groups is 1. The quantitative estimate of drug-likeness (QED) is 0.210. The number of aliphatic imine (C=N–C) groups is 1. The second-order valence-electron chi connectivity index (χ2n) is 7.01. The van der Waals surface area contributed by atoms with Crippen molar-refractivity contribution in [2.75, 3.05) is 59.2 Å². The second kappa shape index (κ2) is 15.3. The molecule has 2 heterocycles. The molecule has 2 rings (SSSR count). The van der Waals surface area contributed by atoms with Crippen LogP contribution < -0.4 is 10.6 Å². The lowest BCUT2D eigenvalue weighted by Gasteiger charge is -2.21. The molecule has 0 saturated carbocycles. The number of hydrogen-bond donors (Lipinski definition) is 2. The molecule has 0 spiro atoms. The minimum atomic E-state index is 0. The summed E-state index contributed by atoms with van der Waals surface area (Å²) in [6.07, 6.45) is 5.94. The average molecular weight is 496 g/mol. The van der Waals surface area contributed by atoms with Gasteiger partial charge < -0.3 is 25.0 Å². The molecule has 0 aromatic rings.